The molecular formula is C21H18N4O3S2. The molecule has 2 heterocycles. The summed E-state index contributed by atoms with van der Waals surface area (Å²) in [5.41, 5.74) is 2.71. The Morgan fingerprint density at radius 2 is 1.93 bits per heavy atom. The molecule has 0 radical (unpaired) electrons. The molecule has 0 spiro atoms. The van der Waals surface area contributed by atoms with Gasteiger partial charge in [-0.25, -0.2) is 18.1 Å². The lowest BCUT2D eigenvalue weighted by atomic mass is 10.1. The van der Waals surface area contributed by atoms with Crippen molar-refractivity contribution < 1.29 is 13.2 Å². The third-order valence-corrected chi connectivity index (χ3v) is 7.13. The highest BCUT2D eigenvalue weighted by Crippen LogP contribution is 2.24. The summed E-state index contributed by atoms with van der Waals surface area (Å²) in [5, 5.41) is 4.79. The third kappa shape index (κ3) is 3.87. The fourth-order valence-electron chi connectivity index (χ4n) is 3.09. The molecule has 5 rings (SSSR count). The highest BCUT2D eigenvalue weighted by molar-refractivity contribution is 7.89. The SMILES string of the molecule is O=C(Nc1ccc(-c2cn3ccsc3n2)cc1)c1cccc(S(=O)(=O)NC2CC2)c1. The molecule has 1 fully saturated rings. The standard InChI is InChI=1S/C21H18N4O3S2/c26-20(15-2-1-3-18(12-15)30(27,28)24-17-8-9-17)22-16-6-4-14(5-7-16)19-13-25-10-11-29-21(25)23-19/h1-7,10-13,17,24H,8-9H2,(H,22,26). The molecule has 4 aromatic rings. The summed E-state index contributed by atoms with van der Waals surface area (Å²) in [5.74, 6) is -0.367. The first-order valence-corrected chi connectivity index (χ1v) is 11.8. The number of thiazole rings is 1. The number of amides is 1. The molecule has 0 unspecified atom stereocenters. The van der Waals surface area contributed by atoms with Gasteiger partial charge in [-0.15, -0.1) is 11.3 Å². The Balaban J connectivity index is 1.31. The van der Waals surface area contributed by atoms with E-state index >= 15 is 0 Å². The van der Waals surface area contributed by atoms with E-state index in [0.717, 1.165) is 29.1 Å². The normalized spacial score (nSPS) is 14.1. The molecule has 1 aliphatic rings. The number of nitrogens with one attached hydrogen (secondary N) is 2. The van der Waals surface area contributed by atoms with Gasteiger partial charge < -0.3 is 5.32 Å². The Kier molecular flexibility index (Phi) is 4.65. The minimum Gasteiger partial charge on any atom is -0.322 e. The van der Waals surface area contributed by atoms with Gasteiger partial charge in [0.2, 0.25) is 10.0 Å². The van der Waals surface area contributed by atoms with E-state index in [4.69, 9.17) is 0 Å². The number of benzene rings is 2. The first-order valence-electron chi connectivity index (χ1n) is 9.44. The van der Waals surface area contributed by atoms with Crippen LogP contribution in [-0.2, 0) is 10.0 Å². The summed E-state index contributed by atoms with van der Waals surface area (Å²) >= 11 is 1.57. The molecule has 0 saturated heterocycles. The number of anilines is 1. The molecule has 1 saturated carbocycles. The van der Waals surface area contributed by atoms with E-state index in [9.17, 15) is 13.2 Å². The van der Waals surface area contributed by atoms with Crippen molar-refractivity contribution in [1.29, 1.82) is 0 Å². The van der Waals surface area contributed by atoms with Crippen molar-refractivity contribution in [2.75, 3.05) is 5.32 Å². The molecule has 2 aromatic carbocycles. The van der Waals surface area contributed by atoms with Gasteiger partial charge in [0.05, 0.1) is 10.6 Å². The molecule has 0 aliphatic heterocycles. The summed E-state index contributed by atoms with van der Waals surface area (Å²) in [6, 6.07) is 13.5. The molecule has 2 N–H and O–H groups in total. The zero-order chi connectivity index (χ0) is 20.7. The van der Waals surface area contributed by atoms with Crippen molar-refractivity contribution in [3.8, 4) is 11.3 Å². The van der Waals surface area contributed by atoms with Crippen LogP contribution in [0.5, 0.6) is 0 Å². The van der Waals surface area contributed by atoms with Crippen LogP contribution in [-0.4, -0.2) is 29.8 Å². The Labute approximate surface area is 177 Å². The van der Waals surface area contributed by atoms with Crippen molar-refractivity contribution >= 4 is 37.9 Å². The van der Waals surface area contributed by atoms with E-state index < -0.39 is 10.0 Å². The number of hydrogen-bond donors (Lipinski definition) is 2. The fourth-order valence-corrected chi connectivity index (χ4v) is 5.14. The average molecular weight is 439 g/mol. The van der Waals surface area contributed by atoms with E-state index in [-0.39, 0.29) is 22.4 Å². The minimum absolute atomic E-state index is 0.0112. The van der Waals surface area contributed by atoms with Crippen molar-refractivity contribution in [1.82, 2.24) is 14.1 Å². The van der Waals surface area contributed by atoms with Crippen LogP contribution in [0.4, 0.5) is 5.69 Å². The number of imidazole rings is 1. The van der Waals surface area contributed by atoms with Gasteiger partial charge in [-0.1, -0.05) is 18.2 Å². The van der Waals surface area contributed by atoms with Gasteiger partial charge in [-0.05, 0) is 43.2 Å². The number of aromatic nitrogens is 2. The predicted octanol–water partition coefficient (Wildman–Crippen LogP) is 3.76. The van der Waals surface area contributed by atoms with Crippen molar-refractivity contribution in [2.45, 2.75) is 23.8 Å². The van der Waals surface area contributed by atoms with Crippen molar-refractivity contribution in [3.63, 3.8) is 0 Å². The fraction of sp³-hybridized carbons (Fsp3) is 0.143. The van der Waals surface area contributed by atoms with Gasteiger partial charge in [0.15, 0.2) is 4.96 Å². The molecule has 1 amide bonds. The number of carbonyl (C=O) groups is 1. The summed E-state index contributed by atoms with van der Waals surface area (Å²) in [6.07, 6.45) is 5.62. The number of carbonyl (C=O) groups excluding carboxylic acids is 1. The second kappa shape index (κ2) is 7.35. The molecule has 2 aromatic heterocycles. The first-order chi connectivity index (χ1) is 14.5. The molecule has 1 aliphatic carbocycles. The number of sulfonamides is 1. The van der Waals surface area contributed by atoms with Crippen LogP contribution in [0.3, 0.4) is 0 Å². The predicted molar refractivity (Wildman–Crippen MR) is 116 cm³/mol. The monoisotopic (exact) mass is 438 g/mol. The second-order valence-electron chi connectivity index (χ2n) is 7.17. The van der Waals surface area contributed by atoms with Gasteiger partial charge in [-0.2, -0.15) is 0 Å². The molecule has 0 bridgehead atoms. The van der Waals surface area contributed by atoms with Crippen molar-refractivity contribution in [3.05, 3.63) is 71.9 Å². The van der Waals surface area contributed by atoms with Gasteiger partial charge >= 0.3 is 0 Å². The quantitative estimate of drug-likeness (QED) is 0.479. The maximum Gasteiger partial charge on any atom is 0.255 e. The Hall–Kier alpha value is -3.01. The highest BCUT2D eigenvalue weighted by Gasteiger charge is 2.28. The topological polar surface area (TPSA) is 92.6 Å². The lowest BCUT2D eigenvalue weighted by Crippen LogP contribution is -2.26. The summed E-state index contributed by atoms with van der Waals surface area (Å²) in [4.78, 5) is 18.2. The highest BCUT2D eigenvalue weighted by atomic mass is 32.2. The summed E-state index contributed by atoms with van der Waals surface area (Å²) < 4.78 is 29.4. The first kappa shape index (κ1) is 19.0. The molecule has 0 atom stereocenters. The third-order valence-electron chi connectivity index (χ3n) is 4.84. The van der Waals surface area contributed by atoms with Crippen LogP contribution in [0.2, 0.25) is 0 Å². The van der Waals surface area contributed by atoms with E-state index in [1.807, 2.05) is 34.3 Å². The molecule has 152 valence electrons. The van der Waals surface area contributed by atoms with Crippen LogP contribution in [0, 0.1) is 0 Å². The van der Waals surface area contributed by atoms with E-state index in [0.29, 0.717) is 5.69 Å². The van der Waals surface area contributed by atoms with Crippen LogP contribution in [0.1, 0.15) is 23.2 Å². The maximum absolute atomic E-state index is 12.6. The van der Waals surface area contributed by atoms with Crippen LogP contribution >= 0.6 is 11.3 Å². The maximum atomic E-state index is 12.6. The molecular weight excluding hydrogens is 420 g/mol. The zero-order valence-corrected chi connectivity index (χ0v) is 17.4. The molecule has 9 heteroatoms. The Morgan fingerprint density at radius 3 is 2.67 bits per heavy atom. The largest absolute Gasteiger partial charge is 0.322 e. The Bertz CT molecular complexity index is 1310. The van der Waals surface area contributed by atoms with Crippen molar-refractivity contribution in [2.24, 2.45) is 0 Å². The van der Waals surface area contributed by atoms with Gasteiger partial charge in [-0.3, -0.25) is 9.20 Å². The van der Waals surface area contributed by atoms with Gasteiger partial charge in [0.25, 0.3) is 5.91 Å². The van der Waals surface area contributed by atoms with Crippen LogP contribution < -0.4 is 10.0 Å². The van der Waals surface area contributed by atoms with E-state index in [2.05, 4.69) is 15.0 Å². The summed E-state index contributed by atoms with van der Waals surface area (Å²) in [7, 11) is -3.61. The lowest BCUT2D eigenvalue weighted by Gasteiger charge is -2.09. The smallest absolute Gasteiger partial charge is 0.255 e. The number of rotatable bonds is 6. The Morgan fingerprint density at radius 1 is 1.13 bits per heavy atom. The van der Waals surface area contributed by atoms with Crippen LogP contribution in [0.15, 0.2) is 71.2 Å². The summed E-state index contributed by atoms with van der Waals surface area (Å²) in [6.45, 7) is 0. The van der Waals surface area contributed by atoms with Gasteiger partial charge in [0, 0.05) is 40.6 Å². The molecule has 30 heavy (non-hydrogen) atoms. The number of hydrogen-bond acceptors (Lipinski definition) is 5. The average Bonchev–Trinajstić information content (AvgIpc) is 3.27. The van der Waals surface area contributed by atoms with E-state index in [1.54, 1.807) is 35.6 Å². The van der Waals surface area contributed by atoms with E-state index in [1.165, 1.54) is 12.1 Å². The second-order valence-corrected chi connectivity index (χ2v) is 9.76. The van der Waals surface area contributed by atoms with Gasteiger partial charge in [0.1, 0.15) is 0 Å². The minimum atomic E-state index is -3.61. The number of nitrogens with zero attached hydrogens (tertiary/aromatic N) is 2. The van der Waals surface area contributed by atoms with Crippen LogP contribution in [0.25, 0.3) is 16.2 Å². The lowest BCUT2D eigenvalue weighted by molar-refractivity contribution is 0.102. The zero-order valence-electron chi connectivity index (χ0n) is 15.8. The number of fused-ring (bicyclic) bond motifs is 1. The molecule has 7 nitrogen and oxygen atoms in total.